The molecule has 0 bridgehead atoms. The van der Waals surface area contributed by atoms with Crippen LogP contribution in [-0.4, -0.2) is 44.9 Å². The van der Waals surface area contributed by atoms with Gasteiger partial charge < -0.3 is 10.2 Å². The molecule has 8 nitrogen and oxygen atoms in total. The second kappa shape index (κ2) is 7.12. The summed E-state index contributed by atoms with van der Waals surface area (Å²) in [5, 5.41) is 3.34. The van der Waals surface area contributed by atoms with Crippen molar-refractivity contribution in [1.82, 2.24) is 24.0 Å². The highest BCUT2D eigenvalue weighted by atomic mass is 16.2. The quantitative estimate of drug-likeness (QED) is 0.730. The number of rotatable bonds is 3. The molecule has 1 fully saturated rings. The number of aryl methyl sites for hydroxylation is 1. The minimum absolute atomic E-state index is 0.345. The number of nitrogens with zero attached hydrogens (tertiary/aromatic N) is 5. The van der Waals surface area contributed by atoms with E-state index in [-0.39, 0.29) is 11.2 Å². The maximum atomic E-state index is 13.1. The Bertz CT molecular complexity index is 1180. The van der Waals surface area contributed by atoms with E-state index in [0.29, 0.717) is 17.1 Å². The molecule has 0 radical (unpaired) electrons. The van der Waals surface area contributed by atoms with Gasteiger partial charge in [-0.3, -0.25) is 18.5 Å². The van der Waals surface area contributed by atoms with E-state index < -0.39 is 0 Å². The summed E-state index contributed by atoms with van der Waals surface area (Å²) in [6.07, 6.45) is 3.98. The summed E-state index contributed by atoms with van der Waals surface area (Å²) in [4.78, 5) is 32.5. The number of hydrogen-bond acceptors (Lipinski definition) is 5. The lowest BCUT2D eigenvalue weighted by atomic mass is 10.1. The number of nitrogens with one attached hydrogen (secondary N) is 1. The molecule has 0 spiro atoms. The number of hydrogen-bond donors (Lipinski definition) is 1. The lowest BCUT2D eigenvalue weighted by Crippen LogP contribution is -2.44. The maximum absolute atomic E-state index is 13.1. The molecule has 2 aromatic heterocycles. The van der Waals surface area contributed by atoms with E-state index in [0.717, 1.165) is 42.0 Å². The van der Waals surface area contributed by atoms with Gasteiger partial charge in [0.05, 0.1) is 5.69 Å². The van der Waals surface area contributed by atoms with Gasteiger partial charge in [-0.25, -0.2) is 4.79 Å². The monoisotopic (exact) mass is 380 g/mol. The molecule has 1 N–H and O–H groups in total. The van der Waals surface area contributed by atoms with E-state index in [4.69, 9.17) is 4.98 Å². The average Bonchev–Trinajstić information content (AvgIpc) is 3.12. The SMILES string of the molecule is C/C=C\c1ccccc1-n1c(N2CCNCC2)nc2c1c(=O)n(C)c(=O)n2C. The van der Waals surface area contributed by atoms with Crippen LogP contribution >= 0.6 is 0 Å². The van der Waals surface area contributed by atoms with Crippen molar-refractivity contribution in [3.8, 4) is 5.69 Å². The van der Waals surface area contributed by atoms with Gasteiger partial charge in [0, 0.05) is 40.3 Å². The highest BCUT2D eigenvalue weighted by molar-refractivity contribution is 5.79. The third-order valence-electron chi connectivity index (χ3n) is 5.16. The first kappa shape index (κ1) is 18.2. The van der Waals surface area contributed by atoms with Gasteiger partial charge in [-0.15, -0.1) is 0 Å². The zero-order valence-corrected chi connectivity index (χ0v) is 16.3. The topological polar surface area (TPSA) is 77.1 Å². The molecular weight excluding hydrogens is 356 g/mol. The molecule has 8 heteroatoms. The normalized spacial score (nSPS) is 15.0. The van der Waals surface area contributed by atoms with E-state index in [1.807, 2.05) is 47.9 Å². The van der Waals surface area contributed by atoms with E-state index >= 15 is 0 Å². The molecule has 1 aliphatic rings. The molecule has 1 aliphatic heterocycles. The van der Waals surface area contributed by atoms with Crippen molar-refractivity contribution in [1.29, 1.82) is 0 Å². The van der Waals surface area contributed by atoms with E-state index in [1.165, 1.54) is 11.6 Å². The highest BCUT2D eigenvalue weighted by Gasteiger charge is 2.25. The number of para-hydroxylation sites is 1. The van der Waals surface area contributed by atoms with Crippen LogP contribution in [0.2, 0.25) is 0 Å². The molecule has 0 amide bonds. The number of aromatic nitrogens is 4. The van der Waals surface area contributed by atoms with Crippen LogP contribution in [0.3, 0.4) is 0 Å². The van der Waals surface area contributed by atoms with Crippen molar-refractivity contribution in [2.45, 2.75) is 6.92 Å². The van der Waals surface area contributed by atoms with Crippen molar-refractivity contribution < 1.29 is 0 Å². The number of anilines is 1. The Balaban J connectivity index is 2.14. The molecule has 1 saturated heterocycles. The van der Waals surface area contributed by atoms with Crippen LogP contribution in [0.15, 0.2) is 39.9 Å². The molecule has 146 valence electrons. The Labute approximate surface area is 162 Å². The number of benzene rings is 1. The van der Waals surface area contributed by atoms with E-state index in [1.54, 1.807) is 7.05 Å². The minimum Gasteiger partial charge on any atom is -0.339 e. The average molecular weight is 380 g/mol. The first-order chi connectivity index (χ1) is 13.5. The fourth-order valence-corrected chi connectivity index (χ4v) is 3.70. The molecule has 0 atom stereocenters. The summed E-state index contributed by atoms with van der Waals surface area (Å²) in [6.45, 7) is 5.21. The van der Waals surface area contributed by atoms with Crippen molar-refractivity contribution >= 4 is 23.2 Å². The van der Waals surface area contributed by atoms with Crippen LogP contribution in [0.5, 0.6) is 0 Å². The first-order valence-corrected chi connectivity index (χ1v) is 9.41. The summed E-state index contributed by atoms with van der Waals surface area (Å²) in [5.41, 5.74) is 1.94. The van der Waals surface area contributed by atoms with Crippen molar-refractivity contribution in [3.05, 3.63) is 56.7 Å². The Hall–Kier alpha value is -3.13. The van der Waals surface area contributed by atoms with E-state index in [9.17, 15) is 9.59 Å². The van der Waals surface area contributed by atoms with Gasteiger partial charge in [-0.05, 0) is 18.6 Å². The zero-order chi connectivity index (χ0) is 19.8. The summed E-state index contributed by atoms with van der Waals surface area (Å²) in [7, 11) is 3.16. The number of imidazole rings is 1. The largest absolute Gasteiger partial charge is 0.339 e. The zero-order valence-electron chi connectivity index (χ0n) is 16.3. The maximum Gasteiger partial charge on any atom is 0.332 e. The number of allylic oxidation sites excluding steroid dienone is 1. The third kappa shape index (κ3) is 2.77. The van der Waals surface area contributed by atoms with Gasteiger partial charge in [0.1, 0.15) is 0 Å². The summed E-state index contributed by atoms with van der Waals surface area (Å²) in [6, 6.07) is 7.90. The van der Waals surface area contributed by atoms with Gasteiger partial charge in [0.25, 0.3) is 5.56 Å². The Morgan fingerprint density at radius 3 is 2.50 bits per heavy atom. The molecule has 1 aromatic carbocycles. The van der Waals surface area contributed by atoms with Crippen molar-refractivity contribution in [2.75, 3.05) is 31.1 Å². The van der Waals surface area contributed by atoms with Crippen LogP contribution in [0, 0.1) is 0 Å². The highest BCUT2D eigenvalue weighted by Crippen LogP contribution is 2.27. The lowest BCUT2D eigenvalue weighted by molar-refractivity contribution is 0.578. The Morgan fingerprint density at radius 1 is 1.07 bits per heavy atom. The van der Waals surface area contributed by atoms with Gasteiger partial charge in [-0.1, -0.05) is 30.4 Å². The van der Waals surface area contributed by atoms with Crippen LogP contribution in [0.4, 0.5) is 5.95 Å². The van der Waals surface area contributed by atoms with Crippen LogP contribution < -0.4 is 21.5 Å². The van der Waals surface area contributed by atoms with Crippen LogP contribution in [0.25, 0.3) is 22.9 Å². The molecule has 4 rings (SSSR count). The van der Waals surface area contributed by atoms with Gasteiger partial charge in [0.2, 0.25) is 5.95 Å². The molecule has 0 unspecified atom stereocenters. The second-order valence-electron chi connectivity index (χ2n) is 6.92. The first-order valence-electron chi connectivity index (χ1n) is 9.41. The molecule has 0 saturated carbocycles. The Morgan fingerprint density at radius 2 is 1.79 bits per heavy atom. The van der Waals surface area contributed by atoms with Crippen LogP contribution in [0.1, 0.15) is 12.5 Å². The Kier molecular flexibility index (Phi) is 4.64. The van der Waals surface area contributed by atoms with Gasteiger partial charge in [0.15, 0.2) is 11.2 Å². The molecular formula is C20H24N6O2. The lowest BCUT2D eigenvalue weighted by Gasteiger charge is -2.29. The summed E-state index contributed by atoms with van der Waals surface area (Å²) >= 11 is 0. The van der Waals surface area contributed by atoms with Crippen molar-refractivity contribution in [3.63, 3.8) is 0 Å². The van der Waals surface area contributed by atoms with Crippen LogP contribution in [-0.2, 0) is 14.1 Å². The molecule has 3 heterocycles. The third-order valence-corrected chi connectivity index (χ3v) is 5.16. The fraction of sp³-hybridized carbons (Fsp3) is 0.350. The number of piperazine rings is 1. The predicted molar refractivity (Wildman–Crippen MR) is 111 cm³/mol. The fourth-order valence-electron chi connectivity index (χ4n) is 3.70. The molecule has 0 aliphatic carbocycles. The summed E-state index contributed by atoms with van der Waals surface area (Å²) in [5.74, 6) is 0.687. The minimum atomic E-state index is -0.379. The van der Waals surface area contributed by atoms with Gasteiger partial charge in [-0.2, -0.15) is 4.98 Å². The van der Waals surface area contributed by atoms with Gasteiger partial charge >= 0.3 is 5.69 Å². The van der Waals surface area contributed by atoms with E-state index in [2.05, 4.69) is 10.2 Å². The number of fused-ring (bicyclic) bond motifs is 1. The molecule has 3 aromatic rings. The summed E-state index contributed by atoms with van der Waals surface area (Å²) < 4.78 is 4.48. The smallest absolute Gasteiger partial charge is 0.332 e. The second-order valence-corrected chi connectivity index (χ2v) is 6.92. The predicted octanol–water partition coefficient (Wildman–Crippen LogP) is 0.866. The standard InChI is InChI=1S/C20H24N6O2/c1-4-7-14-8-5-6-9-15(14)26-16-17(23(2)20(28)24(3)18(16)27)22-19(26)25-12-10-21-11-13-25/h4-9,21H,10-13H2,1-3H3/b7-4-. The molecule has 28 heavy (non-hydrogen) atoms. The van der Waals surface area contributed by atoms with Crippen molar-refractivity contribution in [2.24, 2.45) is 14.1 Å².